The summed E-state index contributed by atoms with van der Waals surface area (Å²) in [5.74, 6) is 0.515. The van der Waals surface area contributed by atoms with Gasteiger partial charge < -0.3 is 10.2 Å². The summed E-state index contributed by atoms with van der Waals surface area (Å²) in [6.45, 7) is 4.88. The van der Waals surface area contributed by atoms with Gasteiger partial charge in [0, 0.05) is 24.0 Å². The number of aromatic nitrogens is 2. The lowest BCUT2D eigenvalue weighted by Crippen LogP contribution is -2.18. The van der Waals surface area contributed by atoms with Gasteiger partial charge in [-0.15, -0.1) is 0 Å². The van der Waals surface area contributed by atoms with Gasteiger partial charge in [0.05, 0.1) is 0 Å². The van der Waals surface area contributed by atoms with Crippen LogP contribution in [0.3, 0.4) is 0 Å². The summed E-state index contributed by atoms with van der Waals surface area (Å²) in [4.78, 5) is 23.3. The molecule has 0 unspecified atom stereocenters. The molecule has 0 radical (unpaired) electrons. The molecule has 1 aromatic heterocycles. The lowest BCUT2D eigenvalue weighted by Gasteiger charge is -2.18. The number of anilines is 3. The van der Waals surface area contributed by atoms with E-state index in [9.17, 15) is 4.79 Å². The number of para-hydroxylation sites is 1. The van der Waals surface area contributed by atoms with Crippen molar-refractivity contribution in [1.82, 2.24) is 9.97 Å². The minimum Gasteiger partial charge on any atom is -0.326 e. The molecule has 26 heavy (non-hydrogen) atoms. The monoisotopic (exact) mass is 344 g/mol. The molecule has 0 atom stereocenters. The van der Waals surface area contributed by atoms with Crippen molar-refractivity contribution in [3.8, 4) is 0 Å². The highest BCUT2D eigenvalue weighted by molar-refractivity contribution is 6.03. The largest absolute Gasteiger partial charge is 0.326 e. The predicted octanol–water partition coefficient (Wildman–Crippen LogP) is 4.04. The number of hydrogen-bond acceptors (Lipinski definition) is 4. The highest BCUT2D eigenvalue weighted by Gasteiger charge is 2.22. The van der Waals surface area contributed by atoms with Gasteiger partial charge in [0.15, 0.2) is 0 Å². The number of nitrogens with one attached hydrogen (secondary N) is 1. The van der Waals surface area contributed by atoms with Gasteiger partial charge >= 0.3 is 0 Å². The van der Waals surface area contributed by atoms with Gasteiger partial charge in [-0.1, -0.05) is 24.3 Å². The van der Waals surface area contributed by atoms with E-state index in [1.165, 1.54) is 11.9 Å². The van der Waals surface area contributed by atoms with Crippen LogP contribution in [0.2, 0.25) is 0 Å². The summed E-state index contributed by atoms with van der Waals surface area (Å²) < 4.78 is 0. The van der Waals surface area contributed by atoms with Gasteiger partial charge in [-0.3, -0.25) is 4.79 Å². The Morgan fingerprint density at radius 2 is 1.81 bits per heavy atom. The maximum Gasteiger partial charge on any atom is 0.274 e. The number of benzene rings is 2. The fourth-order valence-electron chi connectivity index (χ4n) is 3.44. The molecule has 2 aromatic carbocycles. The molecule has 0 spiro atoms. The number of hydrogen-bond donors (Lipinski definition) is 1. The lowest BCUT2D eigenvalue weighted by molar-refractivity contribution is 0.102. The smallest absolute Gasteiger partial charge is 0.274 e. The van der Waals surface area contributed by atoms with Crippen LogP contribution in [0.1, 0.15) is 27.2 Å². The SMILES string of the molecule is Cc1cc(C)cc(NC(=O)c2cc(N3CCc4ccccc43)ncn2)c1. The van der Waals surface area contributed by atoms with E-state index in [4.69, 9.17) is 0 Å². The quantitative estimate of drug-likeness (QED) is 0.779. The Bertz CT molecular complexity index is 963. The van der Waals surface area contributed by atoms with E-state index in [-0.39, 0.29) is 5.91 Å². The first-order valence-corrected chi connectivity index (χ1v) is 8.67. The van der Waals surface area contributed by atoms with E-state index >= 15 is 0 Å². The molecular weight excluding hydrogens is 324 g/mol. The third-order valence-electron chi connectivity index (χ3n) is 4.53. The van der Waals surface area contributed by atoms with E-state index in [1.54, 1.807) is 6.07 Å². The lowest BCUT2D eigenvalue weighted by atomic mass is 10.1. The number of carbonyl (C=O) groups excluding carboxylic acids is 1. The molecule has 1 N–H and O–H groups in total. The molecule has 0 saturated carbocycles. The first-order valence-electron chi connectivity index (χ1n) is 8.67. The summed E-state index contributed by atoms with van der Waals surface area (Å²) in [5.41, 5.74) is 5.80. The summed E-state index contributed by atoms with van der Waals surface area (Å²) >= 11 is 0. The zero-order valence-corrected chi connectivity index (χ0v) is 14.9. The Hall–Kier alpha value is -3.21. The third-order valence-corrected chi connectivity index (χ3v) is 4.53. The highest BCUT2D eigenvalue weighted by atomic mass is 16.1. The Balaban J connectivity index is 1.59. The minimum atomic E-state index is -0.230. The Kier molecular flexibility index (Phi) is 4.13. The summed E-state index contributed by atoms with van der Waals surface area (Å²) in [6, 6.07) is 16.0. The normalized spacial score (nSPS) is 12.8. The molecule has 4 rings (SSSR count). The average molecular weight is 344 g/mol. The minimum absolute atomic E-state index is 0.230. The molecule has 2 heterocycles. The van der Waals surface area contributed by atoms with Crippen LogP contribution >= 0.6 is 0 Å². The first-order chi connectivity index (χ1) is 12.6. The van der Waals surface area contributed by atoms with Crippen molar-refractivity contribution in [2.45, 2.75) is 20.3 Å². The second kappa shape index (κ2) is 6.59. The van der Waals surface area contributed by atoms with Crippen LogP contribution in [0, 0.1) is 13.8 Å². The Morgan fingerprint density at radius 1 is 1.04 bits per heavy atom. The molecule has 5 nitrogen and oxygen atoms in total. The summed E-state index contributed by atoms with van der Waals surface area (Å²) in [7, 11) is 0. The Morgan fingerprint density at radius 3 is 2.62 bits per heavy atom. The van der Waals surface area contributed by atoms with Gasteiger partial charge in [0.2, 0.25) is 0 Å². The number of rotatable bonds is 3. The molecule has 1 aliphatic heterocycles. The molecule has 0 fully saturated rings. The van der Waals surface area contributed by atoms with Crippen LogP contribution in [-0.2, 0) is 6.42 Å². The number of nitrogens with zero attached hydrogens (tertiary/aromatic N) is 3. The van der Waals surface area contributed by atoms with Crippen molar-refractivity contribution in [3.05, 3.63) is 77.2 Å². The van der Waals surface area contributed by atoms with Crippen LogP contribution in [0.4, 0.5) is 17.2 Å². The van der Waals surface area contributed by atoms with Gasteiger partial charge in [0.25, 0.3) is 5.91 Å². The molecular formula is C21H20N4O. The Labute approximate surface area is 152 Å². The molecule has 1 amide bonds. The summed E-state index contributed by atoms with van der Waals surface area (Å²) in [6.07, 6.45) is 2.43. The van der Waals surface area contributed by atoms with Crippen molar-refractivity contribution >= 4 is 23.1 Å². The third kappa shape index (κ3) is 3.16. The molecule has 0 saturated heterocycles. The molecule has 1 aliphatic rings. The van der Waals surface area contributed by atoms with Gasteiger partial charge in [-0.25, -0.2) is 9.97 Å². The number of aryl methyl sites for hydroxylation is 2. The molecule has 130 valence electrons. The van der Waals surface area contributed by atoms with E-state index in [0.29, 0.717) is 5.69 Å². The van der Waals surface area contributed by atoms with Crippen molar-refractivity contribution in [1.29, 1.82) is 0 Å². The van der Waals surface area contributed by atoms with E-state index in [1.807, 2.05) is 38.1 Å². The first kappa shape index (κ1) is 16.3. The predicted molar refractivity (Wildman–Crippen MR) is 103 cm³/mol. The van der Waals surface area contributed by atoms with Crippen LogP contribution in [0.15, 0.2) is 54.9 Å². The van der Waals surface area contributed by atoms with Crippen LogP contribution in [0.5, 0.6) is 0 Å². The number of amides is 1. The second-order valence-electron chi connectivity index (χ2n) is 6.62. The average Bonchev–Trinajstić information content (AvgIpc) is 3.05. The van der Waals surface area contributed by atoms with Crippen LogP contribution < -0.4 is 10.2 Å². The number of fused-ring (bicyclic) bond motifs is 1. The maximum atomic E-state index is 12.6. The van der Waals surface area contributed by atoms with Crippen molar-refractivity contribution in [2.24, 2.45) is 0 Å². The topological polar surface area (TPSA) is 58.1 Å². The molecule has 0 bridgehead atoms. The zero-order chi connectivity index (χ0) is 18.1. The highest BCUT2D eigenvalue weighted by Crippen LogP contribution is 2.33. The molecule has 5 heteroatoms. The zero-order valence-electron chi connectivity index (χ0n) is 14.9. The van der Waals surface area contributed by atoms with Crippen molar-refractivity contribution in [3.63, 3.8) is 0 Å². The van der Waals surface area contributed by atoms with E-state index < -0.39 is 0 Å². The summed E-state index contributed by atoms with van der Waals surface area (Å²) in [5, 5.41) is 2.93. The van der Waals surface area contributed by atoms with Gasteiger partial charge in [-0.2, -0.15) is 0 Å². The fourth-order valence-corrected chi connectivity index (χ4v) is 3.44. The maximum absolute atomic E-state index is 12.6. The van der Waals surface area contributed by atoms with Crippen LogP contribution in [-0.4, -0.2) is 22.4 Å². The van der Waals surface area contributed by atoms with E-state index in [2.05, 4.69) is 38.4 Å². The van der Waals surface area contributed by atoms with Gasteiger partial charge in [0.1, 0.15) is 17.8 Å². The fraction of sp³-hybridized carbons (Fsp3) is 0.190. The molecule has 0 aliphatic carbocycles. The molecule has 3 aromatic rings. The standard InChI is InChI=1S/C21H20N4O/c1-14-9-15(2)11-17(10-14)24-21(26)18-12-20(23-13-22-18)25-8-7-16-5-3-4-6-19(16)25/h3-6,9-13H,7-8H2,1-2H3,(H,24,26). The van der Waals surface area contributed by atoms with Gasteiger partial charge in [-0.05, 0) is 55.2 Å². The van der Waals surface area contributed by atoms with Crippen LogP contribution in [0.25, 0.3) is 0 Å². The number of carbonyl (C=O) groups is 1. The second-order valence-corrected chi connectivity index (χ2v) is 6.62. The van der Waals surface area contributed by atoms with E-state index in [0.717, 1.165) is 41.3 Å². The van der Waals surface area contributed by atoms with Crippen molar-refractivity contribution < 1.29 is 4.79 Å². The van der Waals surface area contributed by atoms with Crippen molar-refractivity contribution in [2.75, 3.05) is 16.8 Å².